The molecule has 0 aliphatic carbocycles. The van der Waals surface area contributed by atoms with Crippen LogP contribution in [-0.2, 0) is 0 Å². The first-order valence-electron chi connectivity index (χ1n) is 0.478. The van der Waals surface area contributed by atoms with Crippen molar-refractivity contribution in [2.75, 3.05) is 0 Å². The Kier molecular flexibility index (Phi) is 2.17. The van der Waals surface area contributed by atoms with Gasteiger partial charge >= 0.3 is 21.1 Å². The molecule has 0 rings (SSSR count). The maximum atomic E-state index is 8.68. The Bertz CT molecular complexity index is 8.00. The summed E-state index contributed by atoms with van der Waals surface area (Å²) in [6.45, 7) is 0. The Morgan fingerprint density at radius 3 is 1.50 bits per heavy atom. The minimum Gasteiger partial charge on any atom is -0.396 e. The third-order valence-corrected chi connectivity index (χ3v) is 0. The summed E-state index contributed by atoms with van der Waals surface area (Å²) in [5.41, 5.74) is 0. The zero-order valence-corrected chi connectivity index (χ0v) is 3.80. The van der Waals surface area contributed by atoms with Crippen LogP contribution in [0.3, 0.4) is 0 Å². The van der Waals surface area contributed by atoms with Crippen molar-refractivity contribution in [3.63, 3.8) is 0 Å². The van der Waals surface area contributed by atoms with Gasteiger partial charge in [-0.05, 0) is 3.44 Å². The van der Waals surface area contributed by atoms with E-state index in [-0.39, 0.29) is 0 Å². The maximum Gasteiger partial charge on any atom is 0.503 e. The monoisotopic (exact) mass is 172 g/mol. The Morgan fingerprint density at radius 2 is 1.50 bits per heavy atom. The van der Waals surface area contributed by atoms with Gasteiger partial charge in [-0.1, -0.05) is 0 Å². The molecule has 0 aliphatic heterocycles. The lowest BCUT2D eigenvalue weighted by Crippen LogP contribution is -3.98. The van der Waals surface area contributed by atoms with Crippen LogP contribution in [0, 0.1) is 0 Å². The minimum atomic E-state index is -3.76. The van der Waals surface area contributed by atoms with Gasteiger partial charge in [-0.3, -0.25) is 0 Å². The van der Waals surface area contributed by atoms with Crippen LogP contribution in [0.4, 0.5) is 0 Å². The number of hydrogen-bond acceptors (Lipinski definition) is 3. The summed E-state index contributed by atoms with van der Waals surface area (Å²) in [5.74, 6) is 0. The topological polar surface area (TPSA) is 66.3 Å². The Balaban J connectivity index is 2.32. The Labute approximate surface area is 31.9 Å². The molecule has 0 aliphatic rings. The van der Waals surface area contributed by atoms with E-state index in [1.807, 2.05) is 0 Å². The van der Waals surface area contributed by atoms with Crippen molar-refractivity contribution in [3.8, 4) is 0 Å². The summed E-state index contributed by atoms with van der Waals surface area (Å²) in [7, 11) is 0. The third-order valence-electron chi connectivity index (χ3n) is 0. The first kappa shape index (κ1) is 4.61. The molecule has 0 heterocycles. The van der Waals surface area contributed by atoms with Gasteiger partial charge in [0.05, 0.1) is 0 Å². The third kappa shape index (κ3) is 18.2. The quantitative estimate of drug-likeness (QED) is 0.370. The maximum absolute atomic E-state index is 8.68. The van der Waals surface area contributed by atoms with Crippen molar-refractivity contribution >= 4 is 0 Å². The average molecular weight is 172 g/mol. The van der Waals surface area contributed by atoms with E-state index < -0.39 is 21.1 Å². The zero-order valence-electron chi connectivity index (χ0n) is 1.64. The number of hydrogen-bond donors (Lipinski definition) is 1. The molecular weight excluding hydrogens is 171 g/mol. The fraction of sp³-hybridized carbons (Fsp3) is 0. The number of rotatable bonds is 0. The summed E-state index contributed by atoms with van der Waals surface area (Å²) in [5, 5.41) is 0. The number of halogens is 1. The summed E-state index contributed by atoms with van der Waals surface area (Å²) < 4.78 is 24.5. The summed E-state index contributed by atoms with van der Waals surface area (Å²) in [4.78, 5) is 0. The van der Waals surface area contributed by atoms with Crippen molar-refractivity contribution in [1.29, 1.82) is 0 Å². The standard InChI is InChI=1S/HIO3/c2-1(3)4/h2H/i1-4. The van der Waals surface area contributed by atoms with Crippen molar-refractivity contribution < 1.29 is 31.4 Å². The Hall–Kier alpha value is 0.610. The van der Waals surface area contributed by atoms with Gasteiger partial charge in [0.25, 0.3) is 0 Å². The molecule has 0 aromatic heterocycles. The average Bonchev–Trinajstić information content (AvgIpc) is 0.811. The molecule has 1 N–H and O–H groups in total. The molecule has 26 valence electrons. The molecule has 0 unspecified atom stereocenters. The van der Waals surface area contributed by atoms with Gasteiger partial charge in [0.2, 0.25) is 0 Å². The van der Waals surface area contributed by atoms with Gasteiger partial charge < -0.3 is 6.87 Å². The molecule has 0 bridgehead atoms. The fourth-order valence-electron chi connectivity index (χ4n) is 0. The first-order valence-corrected chi connectivity index (χ1v) is 3.20. The van der Waals surface area contributed by atoms with E-state index in [9.17, 15) is 0 Å². The molecule has 4 heteroatoms. The van der Waals surface area contributed by atoms with Crippen LogP contribution in [0.15, 0.2) is 0 Å². The predicted molar refractivity (Wildman–Crippen MR) is 2.22 cm³/mol. The lowest BCUT2D eigenvalue weighted by molar-refractivity contribution is -1.63. The van der Waals surface area contributed by atoms with E-state index in [0.717, 1.165) is 0 Å². The smallest absolute Gasteiger partial charge is 0.396 e. The highest BCUT2D eigenvalue weighted by Crippen LogP contribution is 0.251. The van der Waals surface area contributed by atoms with Crippen LogP contribution >= 0.6 is 0 Å². The SMILES string of the molecule is [O-][123I+2]([O-])O. The van der Waals surface area contributed by atoms with Crippen LogP contribution in [-0.4, -0.2) is 3.44 Å². The van der Waals surface area contributed by atoms with E-state index in [2.05, 4.69) is 0 Å². The van der Waals surface area contributed by atoms with Gasteiger partial charge in [0.1, 0.15) is 0 Å². The van der Waals surface area contributed by atoms with Crippen LogP contribution in [0.2, 0.25) is 0 Å². The summed E-state index contributed by atoms with van der Waals surface area (Å²) >= 11 is -3.76. The van der Waals surface area contributed by atoms with Gasteiger partial charge in [0, 0.05) is 0 Å². The van der Waals surface area contributed by atoms with E-state index in [0.29, 0.717) is 0 Å². The lowest BCUT2D eigenvalue weighted by Gasteiger charge is -1.67. The van der Waals surface area contributed by atoms with E-state index in [1.54, 1.807) is 0 Å². The highest BCUT2D eigenvalue weighted by molar-refractivity contribution is 1.94. The molecule has 0 aromatic rings. The molecule has 4 heavy (non-hydrogen) atoms. The molecular formula is HIO3. The van der Waals surface area contributed by atoms with Crippen LogP contribution in [0.5, 0.6) is 0 Å². The van der Waals surface area contributed by atoms with E-state index in [4.69, 9.17) is 10.3 Å². The minimum absolute atomic E-state index is 3.76. The van der Waals surface area contributed by atoms with Crippen molar-refractivity contribution in [1.82, 2.24) is 0 Å². The van der Waals surface area contributed by atoms with Crippen molar-refractivity contribution in [2.24, 2.45) is 0 Å². The van der Waals surface area contributed by atoms with Crippen molar-refractivity contribution in [2.45, 2.75) is 0 Å². The van der Waals surface area contributed by atoms with Gasteiger partial charge in [-0.15, -0.1) is 0 Å². The summed E-state index contributed by atoms with van der Waals surface area (Å²) in [6.07, 6.45) is 0. The second-order valence-corrected chi connectivity index (χ2v) is 1.35. The lowest BCUT2D eigenvalue weighted by atomic mass is 16.0. The van der Waals surface area contributed by atoms with Crippen LogP contribution in [0.1, 0.15) is 0 Å². The van der Waals surface area contributed by atoms with E-state index in [1.165, 1.54) is 0 Å². The van der Waals surface area contributed by atoms with Crippen LogP contribution < -0.4 is 27.9 Å². The molecule has 0 fully saturated rings. The van der Waals surface area contributed by atoms with Crippen molar-refractivity contribution in [3.05, 3.63) is 0 Å². The summed E-state index contributed by atoms with van der Waals surface area (Å²) in [6, 6.07) is 0. The highest BCUT2D eigenvalue weighted by atomic mass is 123. The van der Waals surface area contributed by atoms with E-state index >= 15 is 0 Å². The molecule has 0 saturated heterocycles. The molecule has 0 radical (unpaired) electrons. The Morgan fingerprint density at radius 1 is 1.50 bits per heavy atom. The molecule has 0 aromatic carbocycles. The molecule has 0 saturated carbocycles. The zero-order chi connectivity index (χ0) is 3.58. The first-order chi connectivity index (χ1) is 1.73. The van der Waals surface area contributed by atoms with Gasteiger partial charge in [0.15, 0.2) is 0 Å². The molecule has 0 spiro atoms. The second-order valence-electron chi connectivity index (χ2n) is 0.201. The largest absolute Gasteiger partial charge is 0.503 e. The molecule has 3 nitrogen and oxygen atoms in total. The normalized spacial score (nSPS) is 9.00. The van der Waals surface area contributed by atoms with Gasteiger partial charge in [-0.25, -0.2) is 0 Å². The van der Waals surface area contributed by atoms with Crippen LogP contribution in [0.25, 0.3) is 0 Å². The highest BCUT2D eigenvalue weighted by Gasteiger charge is 1.89. The molecule has 0 amide bonds. The molecule has 0 atom stereocenters. The predicted octanol–water partition coefficient (Wildman–Crippen LogP) is -5.93. The fourth-order valence-corrected chi connectivity index (χ4v) is 0. The second kappa shape index (κ2) is 1.89. The van der Waals surface area contributed by atoms with Gasteiger partial charge in [-0.2, -0.15) is 0 Å².